The Labute approximate surface area is 93.4 Å². The summed E-state index contributed by atoms with van der Waals surface area (Å²) in [7, 11) is 0. The molecule has 5 heteroatoms. The summed E-state index contributed by atoms with van der Waals surface area (Å²) in [4.78, 5) is 4.17. The van der Waals surface area contributed by atoms with E-state index in [1.54, 1.807) is 24.0 Å². The number of amidine groups is 1. The van der Waals surface area contributed by atoms with Crippen LogP contribution in [0, 0.1) is 11.3 Å². The zero-order chi connectivity index (χ0) is 11.3. The molecular formula is C10H15N3OS. The highest BCUT2D eigenvalue weighted by Gasteiger charge is 2.03. The number of rotatable bonds is 5. The molecule has 1 rings (SSSR count). The van der Waals surface area contributed by atoms with E-state index in [1.165, 1.54) is 0 Å². The van der Waals surface area contributed by atoms with E-state index in [4.69, 9.17) is 16.2 Å². The number of nitrogen functional groups attached to an aromatic ring is 1. The van der Waals surface area contributed by atoms with Crippen LogP contribution >= 0.6 is 11.8 Å². The molecule has 1 aromatic heterocycles. The van der Waals surface area contributed by atoms with Crippen LogP contribution in [0.2, 0.25) is 0 Å². The van der Waals surface area contributed by atoms with E-state index in [0.717, 1.165) is 10.8 Å². The molecule has 0 spiro atoms. The summed E-state index contributed by atoms with van der Waals surface area (Å²) in [6.07, 6.45) is 1.59. The Morgan fingerprint density at radius 1 is 1.67 bits per heavy atom. The molecular weight excluding hydrogens is 210 g/mol. The summed E-state index contributed by atoms with van der Waals surface area (Å²) in [5.74, 6) is 1.13. The topological polar surface area (TPSA) is 83.0 Å². The molecule has 0 amide bonds. The SMILES string of the molecule is CC(CO)CSc1ccc(C(=N)N)cn1. The highest BCUT2D eigenvalue weighted by molar-refractivity contribution is 7.99. The normalized spacial score (nSPS) is 12.4. The fourth-order valence-corrected chi connectivity index (χ4v) is 1.76. The first-order chi connectivity index (χ1) is 7.13. The molecule has 0 aromatic carbocycles. The van der Waals surface area contributed by atoms with Gasteiger partial charge in [-0.05, 0) is 18.1 Å². The molecule has 0 radical (unpaired) electrons. The first-order valence-electron chi connectivity index (χ1n) is 4.67. The maximum Gasteiger partial charge on any atom is 0.124 e. The van der Waals surface area contributed by atoms with Crippen LogP contribution in [0.3, 0.4) is 0 Å². The van der Waals surface area contributed by atoms with Crippen molar-refractivity contribution in [3.63, 3.8) is 0 Å². The Morgan fingerprint density at radius 3 is 2.87 bits per heavy atom. The molecule has 4 N–H and O–H groups in total. The predicted octanol–water partition coefficient (Wildman–Crippen LogP) is 1.09. The summed E-state index contributed by atoms with van der Waals surface area (Å²) >= 11 is 1.59. The third-order valence-corrected chi connectivity index (χ3v) is 3.15. The molecule has 15 heavy (non-hydrogen) atoms. The molecule has 0 bridgehead atoms. The molecule has 0 aliphatic carbocycles. The van der Waals surface area contributed by atoms with Gasteiger partial charge in [0.1, 0.15) is 5.84 Å². The van der Waals surface area contributed by atoms with E-state index < -0.39 is 0 Å². The molecule has 0 saturated heterocycles. The van der Waals surface area contributed by atoms with Crippen LogP contribution in [0.1, 0.15) is 12.5 Å². The molecule has 1 atom stereocenters. The number of aliphatic hydroxyl groups is 1. The van der Waals surface area contributed by atoms with E-state index in [-0.39, 0.29) is 18.4 Å². The second-order valence-corrected chi connectivity index (χ2v) is 4.44. The third kappa shape index (κ3) is 3.89. The van der Waals surface area contributed by atoms with Gasteiger partial charge < -0.3 is 10.8 Å². The van der Waals surface area contributed by atoms with Gasteiger partial charge in [0, 0.05) is 24.1 Å². The van der Waals surface area contributed by atoms with Crippen molar-refractivity contribution in [3.05, 3.63) is 23.9 Å². The average Bonchev–Trinajstić information content (AvgIpc) is 2.26. The quantitative estimate of drug-likeness (QED) is 0.398. The number of nitrogens with zero attached hydrogens (tertiary/aromatic N) is 1. The third-order valence-electron chi connectivity index (χ3n) is 1.87. The molecule has 0 saturated carbocycles. The van der Waals surface area contributed by atoms with Crippen LogP contribution < -0.4 is 5.73 Å². The average molecular weight is 225 g/mol. The number of hydrogen-bond donors (Lipinski definition) is 3. The van der Waals surface area contributed by atoms with E-state index in [2.05, 4.69) is 4.98 Å². The van der Waals surface area contributed by atoms with Gasteiger partial charge in [0.05, 0.1) is 5.03 Å². The van der Waals surface area contributed by atoms with Crippen molar-refractivity contribution in [1.82, 2.24) is 4.98 Å². The van der Waals surface area contributed by atoms with Crippen molar-refractivity contribution in [2.24, 2.45) is 11.7 Å². The number of nitrogens with two attached hydrogens (primary N) is 1. The fraction of sp³-hybridized carbons (Fsp3) is 0.400. The van der Waals surface area contributed by atoms with Gasteiger partial charge in [0.15, 0.2) is 0 Å². The van der Waals surface area contributed by atoms with E-state index in [9.17, 15) is 0 Å². The van der Waals surface area contributed by atoms with Gasteiger partial charge in [0.2, 0.25) is 0 Å². The highest BCUT2D eigenvalue weighted by atomic mass is 32.2. The largest absolute Gasteiger partial charge is 0.396 e. The number of hydrogen-bond acceptors (Lipinski definition) is 4. The van der Waals surface area contributed by atoms with Crippen LogP contribution in [-0.2, 0) is 0 Å². The van der Waals surface area contributed by atoms with Crippen LogP contribution in [0.25, 0.3) is 0 Å². The van der Waals surface area contributed by atoms with Crippen LogP contribution in [-0.4, -0.2) is 28.3 Å². The molecule has 0 fully saturated rings. The summed E-state index contributed by atoms with van der Waals surface area (Å²) in [6, 6.07) is 3.62. The first-order valence-corrected chi connectivity index (χ1v) is 5.66. The molecule has 1 aromatic rings. The molecule has 0 aliphatic heterocycles. The second kappa shape index (κ2) is 5.72. The van der Waals surface area contributed by atoms with Crippen LogP contribution in [0.15, 0.2) is 23.4 Å². The van der Waals surface area contributed by atoms with Crippen molar-refractivity contribution in [3.8, 4) is 0 Å². The van der Waals surface area contributed by atoms with Gasteiger partial charge >= 0.3 is 0 Å². The number of pyridine rings is 1. The van der Waals surface area contributed by atoms with Crippen molar-refractivity contribution in [2.45, 2.75) is 11.9 Å². The molecule has 4 nitrogen and oxygen atoms in total. The van der Waals surface area contributed by atoms with Gasteiger partial charge in [0.25, 0.3) is 0 Å². The van der Waals surface area contributed by atoms with E-state index in [0.29, 0.717) is 5.56 Å². The molecule has 1 heterocycles. The predicted molar refractivity (Wildman–Crippen MR) is 62.2 cm³/mol. The minimum atomic E-state index is 0.0303. The molecule has 0 aliphatic rings. The van der Waals surface area contributed by atoms with Gasteiger partial charge in [-0.15, -0.1) is 11.8 Å². The fourth-order valence-electron chi connectivity index (χ4n) is 0.905. The zero-order valence-corrected chi connectivity index (χ0v) is 9.42. The van der Waals surface area contributed by atoms with Gasteiger partial charge in [-0.1, -0.05) is 6.92 Å². The minimum Gasteiger partial charge on any atom is -0.396 e. The Bertz CT molecular complexity index is 326. The molecule has 82 valence electrons. The van der Waals surface area contributed by atoms with Crippen LogP contribution in [0.5, 0.6) is 0 Å². The Hall–Kier alpha value is -1.07. The Kier molecular flexibility index (Phi) is 4.58. The van der Waals surface area contributed by atoms with Crippen LogP contribution in [0.4, 0.5) is 0 Å². The van der Waals surface area contributed by atoms with Crippen molar-refractivity contribution >= 4 is 17.6 Å². The standard InChI is InChI=1S/C10H15N3OS/c1-7(5-14)6-15-9-3-2-8(4-13-9)10(11)12/h2-4,7,14H,5-6H2,1H3,(H3,11,12). The van der Waals surface area contributed by atoms with Gasteiger partial charge in [-0.3, -0.25) is 5.41 Å². The van der Waals surface area contributed by atoms with Crippen molar-refractivity contribution < 1.29 is 5.11 Å². The Balaban J connectivity index is 2.53. The van der Waals surface area contributed by atoms with Gasteiger partial charge in [-0.2, -0.15) is 0 Å². The number of aromatic nitrogens is 1. The smallest absolute Gasteiger partial charge is 0.124 e. The number of thioether (sulfide) groups is 1. The number of nitrogens with one attached hydrogen (secondary N) is 1. The van der Waals surface area contributed by atoms with Gasteiger partial charge in [-0.25, -0.2) is 4.98 Å². The van der Waals surface area contributed by atoms with E-state index >= 15 is 0 Å². The zero-order valence-electron chi connectivity index (χ0n) is 8.60. The van der Waals surface area contributed by atoms with Crippen molar-refractivity contribution in [1.29, 1.82) is 5.41 Å². The maximum atomic E-state index is 8.85. The first kappa shape index (κ1) is 12.0. The lowest BCUT2D eigenvalue weighted by atomic mass is 10.2. The highest BCUT2D eigenvalue weighted by Crippen LogP contribution is 2.18. The number of aliphatic hydroxyl groups excluding tert-OH is 1. The van der Waals surface area contributed by atoms with Crippen molar-refractivity contribution in [2.75, 3.05) is 12.4 Å². The lowest BCUT2D eigenvalue weighted by Crippen LogP contribution is -2.11. The summed E-state index contributed by atoms with van der Waals surface area (Å²) < 4.78 is 0. The minimum absolute atomic E-state index is 0.0303. The Morgan fingerprint density at radius 2 is 2.40 bits per heavy atom. The van der Waals surface area contributed by atoms with E-state index in [1.807, 2.05) is 13.0 Å². The lowest BCUT2D eigenvalue weighted by Gasteiger charge is -2.06. The maximum absolute atomic E-state index is 8.85. The summed E-state index contributed by atoms with van der Waals surface area (Å²) in [6.45, 7) is 2.18. The lowest BCUT2D eigenvalue weighted by molar-refractivity contribution is 0.250. The summed E-state index contributed by atoms with van der Waals surface area (Å²) in [5.41, 5.74) is 5.94. The second-order valence-electron chi connectivity index (χ2n) is 3.40. The molecule has 1 unspecified atom stereocenters. The monoisotopic (exact) mass is 225 g/mol. The summed E-state index contributed by atoms with van der Waals surface area (Å²) in [5, 5.41) is 16.9.